The van der Waals surface area contributed by atoms with Crippen LogP contribution in [0.15, 0.2) is 31.0 Å². The number of carbonyl (C=O) groups is 1. The molecule has 1 amide bonds. The summed E-state index contributed by atoms with van der Waals surface area (Å²) in [4.78, 5) is 18.2. The number of H-pyrrole nitrogens is 1. The van der Waals surface area contributed by atoms with Crippen molar-refractivity contribution >= 4 is 5.91 Å². The van der Waals surface area contributed by atoms with Gasteiger partial charge >= 0.3 is 0 Å². The molecule has 0 atom stereocenters. The van der Waals surface area contributed by atoms with Crippen molar-refractivity contribution in [2.45, 2.75) is 25.8 Å². The second kappa shape index (κ2) is 5.90. The average Bonchev–Trinajstić information content (AvgIpc) is 3.13. The van der Waals surface area contributed by atoms with Gasteiger partial charge < -0.3 is 9.47 Å². The van der Waals surface area contributed by atoms with Crippen LogP contribution in [-0.4, -0.2) is 43.6 Å². The maximum absolute atomic E-state index is 12.2. The Bertz CT molecular complexity index is 526. The van der Waals surface area contributed by atoms with Crippen LogP contribution in [0.1, 0.15) is 18.5 Å². The van der Waals surface area contributed by atoms with Crippen molar-refractivity contribution in [2.24, 2.45) is 5.92 Å². The SMILES string of the molecule is O=C(Cc1ccn[nH]1)N1CCC(Cn2ccnc2)CC1. The molecular weight excluding hydrogens is 254 g/mol. The lowest BCUT2D eigenvalue weighted by Crippen LogP contribution is -2.40. The number of nitrogens with zero attached hydrogens (tertiary/aromatic N) is 4. The second-order valence-electron chi connectivity index (χ2n) is 5.34. The molecule has 0 spiro atoms. The summed E-state index contributed by atoms with van der Waals surface area (Å²) in [5, 5.41) is 6.71. The molecule has 0 aromatic carbocycles. The minimum absolute atomic E-state index is 0.190. The van der Waals surface area contributed by atoms with Crippen LogP contribution in [0.3, 0.4) is 0 Å². The number of carbonyl (C=O) groups excluding carboxylic acids is 1. The minimum atomic E-state index is 0.190. The summed E-state index contributed by atoms with van der Waals surface area (Å²) in [6.07, 6.45) is 9.89. The fraction of sp³-hybridized carbons (Fsp3) is 0.500. The largest absolute Gasteiger partial charge is 0.342 e. The predicted molar refractivity (Wildman–Crippen MR) is 73.8 cm³/mol. The maximum Gasteiger partial charge on any atom is 0.228 e. The van der Waals surface area contributed by atoms with Crippen LogP contribution in [0, 0.1) is 5.92 Å². The van der Waals surface area contributed by atoms with E-state index in [1.807, 2.05) is 29.7 Å². The first-order chi connectivity index (χ1) is 9.81. The highest BCUT2D eigenvalue weighted by Gasteiger charge is 2.23. The van der Waals surface area contributed by atoms with Gasteiger partial charge in [0, 0.05) is 43.9 Å². The molecule has 1 aliphatic rings. The number of hydrogen-bond acceptors (Lipinski definition) is 3. The van der Waals surface area contributed by atoms with Crippen molar-refractivity contribution < 1.29 is 4.79 Å². The Kier molecular flexibility index (Phi) is 3.80. The summed E-state index contributed by atoms with van der Waals surface area (Å²) in [7, 11) is 0. The molecule has 1 N–H and O–H groups in total. The summed E-state index contributed by atoms with van der Waals surface area (Å²) in [6, 6.07) is 1.85. The molecule has 0 saturated carbocycles. The van der Waals surface area contributed by atoms with Gasteiger partial charge in [0.25, 0.3) is 0 Å². The highest BCUT2D eigenvalue weighted by molar-refractivity contribution is 5.78. The van der Waals surface area contributed by atoms with Crippen molar-refractivity contribution in [2.75, 3.05) is 13.1 Å². The van der Waals surface area contributed by atoms with E-state index >= 15 is 0 Å². The molecule has 2 aromatic heterocycles. The maximum atomic E-state index is 12.2. The zero-order chi connectivity index (χ0) is 13.8. The van der Waals surface area contributed by atoms with Crippen LogP contribution in [-0.2, 0) is 17.8 Å². The number of nitrogens with one attached hydrogen (secondary N) is 1. The third-order valence-corrected chi connectivity index (χ3v) is 3.90. The number of aromatic amines is 1. The van der Waals surface area contributed by atoms with E-state index in [1.165, 1.54) is 0 Å². The van der Waals surface area contributed by atoms with Crippen LogP contribution < -0.4 is 0 Å². The fourth-order valence-corrected chi connectivity index (χ4v) is 2.72. The van der Waals surface area contributed by atoms with Crippen LogP contribution in [0.5, 0.6) is 0 Å². The quantitative estimate of drug-likeness (QED) is 0.906. The number of rotatable bonds is 4. The van der Waals surface area contributed by atoms with E-state index in [0.717, 1.165) is 38.2 Å². The van der Waals surface area contributed by atoms with Crippen molar-refractivity contribution in [3.63, 3.8) is 0 Å². The summed E-state index contributed by atoms with van der Waals surface area (Å²) >= 11 is 0. The molecule has 20 heavy (non-hydrogen) atoms. The van der Waals surface area contributed by atoms with Gasteiger partial charge in [0.1, 0.15) is 0 Å². The third kappa shape index (κ3) is 3.07. The lowest BCUT2D eigenvalue weighted by Gasteiger charge is -2.32. The molecule has 2 aromatic rings. The minimum Gasteiger partial charge on any atom is -0.342 e. The topological polar surface area (TPSA) is 66.8 Å². The van der Waals surface area contributed by atoms with Gasteiger partial charge in [-0.15, -0.1) is 0 Å². The Morgan fingerprint density at radius 2 is 2.20 bits per heavy atom. The smallest absolute Gasteiger partial charge is 0.228 e. The Morgan fingerprint density at radius 3 is 2.85 bits per heavy atom. The number of piperidine rings is 1. The van der Waals surface area contributed by atoms with Crippen molar-refractivity contribution in [1.82, 2.24) is 24.6 Å². The van der Waals surface area contributed by atoms with E-state index in [2.05, 4.69) is 19.7 Å². The van der Waals surface area contributed by atoms with E-state index in [9.17, 15) is 4.79 Å². The molecule has 6 nitrogen and oxygen atoms in total. The fourth-order valence-electron chi connectivity index (χ4n) is 2.72. The summed E-state index contributed by atoms with van der Waals surface area (Å²) in [6.45, 7) is 2.71. The number of amides is 1. The first-order valence-corrected chi connectivity index (χ1v) is 7.03. The first-order valence-electron chi connectivity index (χ1n) is 7.03. The Balaban J connectivity index is 1.47. The molecule has 6 heteroatoms. The van der Waals surface area contributed by atoms with Crippen LogP contribution in [0.2, 0.25) is 0 Å². The molecule has 0 bridgehead atoms. The molecule has 0 radical (unpaired) electrons. The number of imidazole rings is 1. The summed E-state index contributed by atoms with van der Waals surface area (Å²) in [5.41, 5.74) is 0.885. The van der Waals surface area contributed by atoms with Gasteiger partial charge in [-0.25, -0.2) is 4.98 Å². The molecule has 1 fully saturated rings. The van der Waals surface area contributed by atoms with Crippen molar-refractivity contribution in [3.8, 4) is 0 Å². The zero-order valence-electron chi connectivity index (χ0n) is 11.4. The predicted octanol–water partition coefficient (Wildman–Crippen LogP) is 1.09. The summed E-state index contributed by atoms with van der Waals surface area (Å²) < 4.78 is 2.12. The Morgan fingerprint density at radius 1 is 1.35 bits per heavy atom. The van der Waals surface area contributed by atoms with Crippen molar-refractivity contribution in [1.29, 1.82) is 0 Å². The highest BCUT2D eigenvalue weighted by Crippen LogP contribution is 2.19. The van der Waals surface area contributed by atoms with Gasteiger partial charge in [-0.3, -0.25) is 9.89 Å². The van der Waals surface area contributed by atoms with Gasteiger partial charge in [0.05, 0.1) is 12.7 Å². The standard InChI is InChI=1S/C14H19N5O/c20-14(9-13-1-4-16-17-13)19-6-2-12(3-7-19)10-18-8-5-15-11-18/h1,4-5,8,11-12H,2-3,6-7,9-10H2,(H,16,17). The Hall–Kier alpha value is -2.11. The van der Waals surface area contributed by atoms with Gasteiger partial charge in [-0.05, 0) is 24.8 Å². The number of likely N-dealkylation sites (tertiary alicyclic amines) is 1. The van der Waals surface area contributed by atoms with Crippen molar-refractivity contribution in [3.05, 3.63) is 36.7 Å². The lowest BCUT2D eigenvalue weighted by atomic mass is 9.96. The monoisotopic (exact) mass is 273 g/mol. The number of aromatic nitrogens is 4. The van der Waals surface area contributed by atoms with E-state index in [0.29, 0.717) is 12.3 Å². The zero-order valence-corrected chi connectivity index (χ0v) is 11.4. The molecule has 3 rings (SSSR count). The van der Waals surface area contributed by atoms with Crippen LogP contribution >= 0.6 is 0 Å². The van der Waals surface area contributed by atoms with E-state index in [1.54, 1.807) is 6.20 Å². The first kappa shape index (κ1) is 12.9. The third-order valence-electron chi connectivity index (χ3n) is 3.90. The normalized spacial score (nSPS) is 16.5. The van der Waals surface area contributed by atoms with Gasteiger partial charge in [-0.1, -0.05) is 0 Å². The van der Waals surface area contributed by atoms with E-state index in [4.69, 9.17) is 0 Å². The van der Waals surface area contributed by atoms with Gasteiger partial charge in [0.2, 0.25) is 5.91 Å². The Labute approximate surface area is 117 Å². The molecule has 0 unspecified atom stereocenters. The molecule has 3 heterocycles. The lowest BCUT2D eigenvalue weighted by molar-refractivity contribution is -0.131. The molecule has 0 aliphatic carbocycles. The molecular formula is C14H19N5O. The molecule has 106 valence electrons. The highest BCUT2D eigenvalue weighted by atomic mass is 16.2. The van der Waals surface area contributed by atoms with Crippen LogP contribution in [0.4, 0.5) is 0 Å². The van der Waals surface area contributed by atoms with Gasteiger partial charge in [0.15, 0.2) is 0 Å². The second-order valence-corrected chi connectivity index (χ2v) is 5.34. The van der Waals surface area contributed by atoms with Gasteiger partial charge in [-0.2, -0.15) is 5.10 Å². The van der Waals surface area contributed by atoms with E-state index in [-0.39, 0.29) is 5.91 Å². The average molecular weight is 273 g/mol. The van der Waals surface area contributed by atoms with E-state index < -0.39 is 0 Å². The molecule has 1 saturated heterocycles. The molecule has 1 aliphatic heterocycles. The summed E-state index contributed by atoms with van der Waals surface area (Å²) in [5.74, 6) is 0.829. The number of hydrogen-bond donors (Lipinski definition) is 1. The van der Waals surface area contributed by atoms with Crippen LogP contribution in [0.25, 0.3) is 0 Å².